The summed E-state index contributed by atoms with van der Waals surface area (Å²) in [4.78, 5) is 39.7. The number of hydrogen-bond donors (Lipinski definition) is 0. The number of ether oxygens (including phenoxy) is 3. The fraction of sp³-hybridized carbons (Fsp3) is 0.552. The van der Waals surface area contributed by atoms with Crippen LogP contribution in [0.5, 0.6) is 5.75 Å². The summed E-state index contributed by atoms with van der Waals surface area (Å²) in [6.45, 7) is 10.9. The van der Waals surface area contributed by atoms with E-state index in [2.05, 4.69) is 0 Å². The molecule has 0 bridgehead atoms. The van der Waals surface area contributed by atoms with Crippen molar-refractivity contribution in [3.8, 4) is 5.75 Å². The number of esters is 2. The molecule has 2 atom stereocenters. The lowest BCUT2D eigenvalue weighted by atomic mass is 9.61. The number of hydrogen-bond acceptors (Lipinski definition) is 6. The minimum Gasteiger partial charge on any atom is -0.497 e. The van der Waals surface area contributed by atoms with Crippen LogP contribution in [-0.4, -0.2) is 38.0 Å². The summed E-state index contributed by atoms with van der Waals surface area (Å²) >= 11 is 0. The molecule has 0 radical (unpaired) electrons. The lowest BCUT2D eigenvalue weighted by Crippen LogP contribution is -2.56. The van der Waals surface area contributed by atoms with Gasteiger partial charge in [0.25, 0.3) is 0 Å². The minimum absolute atomic E-state index is 0.0946. The molecule has 2 aromatic rings. The predicted molar refractivity (Wildman–Crippen MR) is 138 cm³/mol. The Labute approximate surface area is 209 Å². The van der Waals surface area contributed by atoms with Gasteiger partial charge in [0.05, 0.1) is 25.6 Å². The van der Waals surface area contributed by atoms with Crippen LogP contribution in [0.4, 0.5) is 0 Å². The van der Waals surface area contributed by atoms with Gasteiger partial charge in [-0.15, -0.1) is 0 Å². The summed E-state index contributed by atoms with van der Waals surface area (Å²) in [5.41, 5.74) is -1.32. The van der Waals surface area contributed by atoms with E-state index in [0.717, 1.165) is 22.1 Å². The van der Waals surface area contributed by atoms with E-state index in [4.69, 9.17) is 14.2 Å². The first-order valence-electron chi connectivity index (χ1n) is 12.5. The average Bonchev–Trinajstić information content (AvgIpc) is 2.88. The van der Waals surface area contributed by atoms with Gasteiger partial charge in [-0.2, -0.15) is 0 Å². The van der Waals surface area contributed by atoms with Crippen molar-refractivity contribution in [1.29, 1.82) is 0 Å². The van der Waals surface area contributed by atoms with Gasteiger partial charge in [-0.25, -0.2) is 0 Å². The van der Waals surface area contributed by atoms with Crippen molar-refractivity contribution < 1.29 is 28.6 Å². The molecule has 0 saturated heterocycles. The quantitative estimate of drug-likeness (QED) is 0.332. The minimum atomic E-state index is -1.12. The Morgan fingerprint density at radius 3 is 1.86 bits per heavy atom. The molecule has 0 amide bonds. The standard InChI is InChI=1S/C29H40O6/c1-9-28(10-2,20(6)30)26(29(11-3,12-4)27(32)34-8)35-25(31)19(5)21-13-14-23-18-24(33-7)16-15-22(23)17-21/h13-19,26H,9-12H2,1-8H3. The van der Waals surface area contributed by atoms with Crippen LogP contribution in [0.25, 0.3) is 10.8 Å². The molecule has 2 rings (SSSR count). The molecule has 0 fully saturated rings. The summed E-state index contributed by atoms with van der Waals surface area (Å²) < 4.78 is 16.7. The molecule has 35 heavy (non-hydrogen) atoms. The van der Waals surface area contributed by atoms with Gasteiger partial charge in [-0.3, -0.25) is 14.4 Å². The first-order chi connectivity index (χ1) is 16.6. The van der Waals surface area contributed by atoms with Crippen LogP contribution in [0.3, 0.4) is 0 Å². The van der Waals surface area contributed by atoms with Crippen molar-refractivity contribution >= 4 is 28.5 Å². The summed E-state index contributed by atoms with van der Waals surface area (Å²) in [7, 11) is 2.96. The maximum atomic E-state index is 13.6. The van der Waals surface area contributed by atoms with Crippen molar-refractivity contribution in [3.05, 3.63) is 42.0 Å². The molecule has 0 saturated carbocycles. The van der Waals surface area contributed by atoms with Gasteiger partial charge in [0.15, 0.2) is 0 Å². The highest BCUT2D eigenvalue weighted by Crippen LogP contribution is 2.48. The number of carbonyl (C=O) groups is 3. The number of carbonyl (C=O) groups excluding carboxylic acids is 3. The second kappa shape index (κ2) is 11.7. The van der Waals surface area contributed by atoms with Gasteiger partial charge in [0, 0.05) is 0 Å². The molecular formula is C29H40O6. The van der Waals surface area contributed by atoms with Gasteiger partial charge in [0.1, 0.15) is 23.1 Å². The summed E-state index contributed by atoms with van der Waals surface area (Å²) in [5.74, 6) is -0.849. The van der Waals surface area contributed by atoms with Crippen molar-refractivity contribution in [2.24, 2.45) is 10.8 Å². The Kier molecular flexibility index (Phi) is 9.47. The van der Waals surface area contributed by atoms with Crippen molar-refractivity contribution in [1.82, 2.24) is 0 Å². The third-order valence-corrected chi connectivity index (χ3v) is 7.98. The number of ketones is 1. The largest absolute Gasteiger partial charge is 0.497 e. The molecule has 0 aromatic heterocycles. The molecular weight excluding hydrogens is 444 g/mol. The molecule has 0 aliphatic carbocycles. The predicted octanol–water partition coefficient (Wildman–Crippen LogP) is 6.24. The molecule has 0 spiro atoms. The molecule has 0 heterocycles. The van der Waals surface area contributed by atoms with E-state index >= 15 is 0 Å². The van der Waals surface area contributed by atoms with Crippen LogP contribution >= 0.6 is 0 Å². The van der Waals surface area contributed by atoms with E-state index in [1.54, 1.807) is 14.0 Å². The summed E-state index contributed by atoms with van der Waals surface area (Å²) in [6, 6.07) is 11.6. The molecule has 0 aliphatic heterocycles. The van der Waals surface area contributed by atoms with E-state index in [-0.39, 0.29) is 5.78 Å². The second-order valence-corrected chi connectivity index (χ2v) is 9.29. The molecule has 0 N–H and O–H groups in total. The Morgan fingerprint density at radius 2 is 1.37 bits per heavy atom. The average molecular weight is 485 g/mol. The molecule has 0 aliphatic rings. The normalized spacial score (nSPS) is 13.7. The van der Waals surface area contributed by atoms with Crippen molar-refractivity contribution in [2.75, 3.05) is 14.2 Å². The van der Waals surface area contributed by atoms with E-state index in [1.807, 2.05) is 64.1 Å². The highest BCUT2D eigenvalue weighted by Gasteiger charge is 2.57. The lowest BCUT2D eigenvalue weighted by Gasteiger charge is -2.46. The number of Topliss-reactive ketones (excluding diaryl/α,β-unsaturated/α-hetero) is 1. The Bertz CT molecular complexity index is 1050. The molecule has 2 aromatic carbocycles. The zero-order chi connectivity index (χ0) is 26.4. The highest BCUT2D eigenvalue weighted by atomic mass is 16.6. The lowest BCUT2D eigenvalue weighted by molar-refractivity contribution is -0.189. The van der Waals surface area contributed by atoms with Crippen molar-refractivity contribution in [2.45, 2.75) is 79.2 Å². The van der Waals surface area contributed by atoms with E-state index in [1.165, 1.54) is 14.0 Å². The third-order valence-electron chi connectivity index (χ3n) is 7.98. The third kappa shape index (κ3) is 5.21. The van der Waals surface area contributed by atoms with Crippen LogP contribution in [0.1, 0.15) is 78.7 Å². The number of fused-ring (bicyclic) bond motifs is 1. The zero-order valence-electron chi connectivity index (χ0n) is 22.4. The fourth-order valence-electron chi connectivity index (χ4n) is 5.27. The Hall–Kier alpha value is -2.89. The van der Waals surface area contributed by atoms with Gasteiger partial charge in [-0.05, 0) is 68.0 Å². The summed E-state index contributed by atoms with van der Waals surface area (Å²) in [5, 5.41) is 1.98. The highest BCUT2D eigenvalue weighted by molar-refractivity contribution is 5.89. The Balaban J connectivity index is 2.54. The fourth-order valence-corrected chi connectivity index (χ4v) is 5.27. The van der Waals surface area contributed by atoms with Gasteiger partial charge >= 0.3 is 11.9 Å². The first-order valence-corrected chi connectivity index (χ1v) is 12.5. The topological polar surface area (TPSA) is 78.9 Å². The van der Waals surface area contributed by atoms with Crippen LogP contribution in [0.2, 0.25) is 0 Å². The van der Waals surface area contributed by atoms with Gasteiger partial charge < -0.3 is 14.2 Å². The van der Waals surface area contributed by atoms with E-state index < -0.39 is 34.8 Å². The van der Waals surface area contributed by atoms with Crippen LogP contribution in [0, 0.1) is 10.8 Å². The molecule has 6 nitrogen and oxygen atoms in total. The molecule has 192 valence electrons. The maximum Gasteiger partial charge on any atom is 0.315 e. The smallest absolute Gasteiger partial charge is 0.315 e. The monoisotopic (exact) mass is 484 g/mol. The van der Waals surface area contributed by atoms with Crippen LogP contribution in [0.15, 0.2) is 36.4 Å². The van der Waals surface area contributed by atoms with Crippen LogP contribution < -0.4 is 4.74 Å². The van der Waals surface area contributed by atoms with Crippen molar-refractivity contribution in [3.63, 3.8) is 0 Å². The van der Waals surface area contributed by atoms with E-state index in [0.29, 0.717) is 25.7 Å². The molecule has 6 heteroatoms. The van der Waals surface area contributed by atoms with Crippen LogP contribution in [-0.2, 0) is 23.9 Å². The SMILES string of the molecule is CCC(CC)(C(C)=O)C(OC(=O)C(C)c1ccc2cc(OC)ccc2c1)C(CC)(CC)C(=O)OC. The summed E-state index contributed by atoms with van der Waals surface area (Å²) in [6.07, 6.45) is 0.721. The second-order valence-electron chi connectivity index (χ2n) is 9.29. The maximum absolute atomic E-state index is 13.6. The number of benzene rings is 2. The van der Waals surface area contributed by atoms with E-state index in [9.17, 15) is 14.4 Å². The number of methoxy groups -OCH3 is 2. The zero-order valence-corrected chi connectivity index (χ0v) is 22.4. The van der Waals surface area contributed by atoms with Gasteiger partial charge in [0.2, 0.25) is 0 Å². The Morgan fingerprint density at radius 1 is 0.829 bits per heavy atom. The first kappa shape index (κ1) is 28.3. The molecule has 2 unspecified atom stereocenters. The number of rotatable bonds is 12. The van der Waals surface area contributed by atoms with Gasteiger partial charge in [-0.1, -0.05) is 52.0 Å².